The second-order valence-corrected chi connectivity index (χ2v) is 13.9. The lowest BCUT2D eigenvalue weighted by molar-refractivity contribution is -0.130. The molecule has 1 aliphatic carbocycles. The zero-order valence-electron chi connectivity index (χ0n) is 25.8. The van der Waals surface area contributed by atoms with Crippen molar-refractivity contribution in [3.05, 3.63) is 53.8 Å². The van der Waals surface area contributed by atoms with E-state index in [1.54, 1.807) is 23.1 Å². The maximum atomic E-state index is 13.9. The number of hydrogen-bond donors (Lipinski definition) is 3. The molecule has 1 aromatic carbocycles. The van der Waals surface area contributed by atoms with Crippen LogP contribution in [0.1, 0.15) is 66.9 Å². The monoisotopic (exact) mass is 567 g/mol. The third-order valence-electron chi connectivity index (χ3n) is 9.32. The summed E-state index contributed by atoms with van der Waals surface area (Å²) < 4.78 is 5.70. The van der Waals surface area contributed by atoms with Gasteiger partial charge in [-0.15, -0.1) is 0 Å². The third-order valence-corrected chi connectivity index (χ3v) is 9.32. The molecule has 8 nitrogen and oxygen atoms in total. The number of phenols is 1. The van der Waals surface area contributed by atoms with Gasteiger partial charge in [0, 0.05) is 31.6 Å². The van der Waals surface area contributed by atoms with Gasteiger partial charge in [-0.2, -0.15) is 0 Å². The Bertz CT molecular complexity index is 1170. The summed E-state index contributed by atoms with van der Waals surface area (Å²) in [6.07, 6.45) is 6.33. The first-order valence-corrected chi connectivity index (χ1v) is 15.1. The summed E-state index contributed by atoms with van der Waals surface area (Å²) in [5.74, 6) is 0.899. The summed E-state index contributed by atoms with van der Waals surface area (Å²) in [5, 5.41) is 23.4. The Morgan fingerprint density at radius 1 is 1.17 bits per heavy atom. The number of carbonyl (C=O) groups is 2. The van der Waals surface area contributed by atoms with Gasteiger partial charge in [-0.1, -0.05) is 45.9 Å². The number of phenolic OH excluding ortho intramolecular Hbond substituents is 1. The molecule has 3 aliphatic rings. The highest BCUT2D eigenvalue weighted by atomic mass is 16.6. The molecule has 41 heavy (non-hydrogen) atoms. The minimum absolute atomic E-state index is 0.0330. The molecule has 0 aromatic heterocycles. The van der Waals surface area contributed by atoms with E-state index in [1.807, 2.05) is 39.0 Å². The van der Waals surface area contributed by atoms with Crippen LogP contribution in [0.15, 0.2) is 48.3 Å². The lowest BCUT2D eigenvalue weighted by Crippen LogP contribution is -2.60. The molecule has 1 aromatic rings. The average molecular weight is 568 g/mol. The molecule has 0 spiro atoms. The number of nitrogens with one attached hydrogen (secondary N) is 1. The number of aliphatic hydroxyl groups is 1. The van der Waals surface area contributed by atoms with Gasteiger partial charge in [0.2, 0.25) is 5.91 Å². The van der Waals surface area contributed by atoms with E-state index >= 15 is 0 Å². The summed E-state index contributed by atoms with van der Waals surface area (Å²) in [7, 11) is 0. The topological polar surface area (TPSA) is 102 Å². The molecular weight excluding hydrogens is 518 g/mol. The predicted molar refractivity (Wildman–Crippen MR) is 161 cm³/mol. The normalized spacial score (nSPS) is 29.5. The van der Waals surface area contributed by atoms with Crippen LogP contribution in [-0.2, 0) is 14.9 Å². The van der Waals surface area contributed by atoms with Crippen molar-refractivity contribution in [3.63, 3.8) is 0 Å². The maximum absolute atomic E-state index is 13.9. The first kappa shape index (κ1) is 30.9. The van der Waals surface area contributed by atoms with Crippen molar-refractivity contribution in [1.29, 1.82) is 0 Å². The fourth-order valence-corrected chi connectivity index (χ4v) is 6.47. The van der Waals surface area contributed by atoms with Crippen LogP contribution in [0.25, 0.3) is 0 Å². The second-order valence-electron chi connectivity index (χ2n) is 13.9. The fraction of sp³-hybridized carbons (Fsp3) is 0.636. The van der Waals surface area contributed by atoms with Gasteiger partial charge < -0.3 is 25.2 Å². The van der Waals surface area contributed by atoms with Crippen LogP contribution < -0.4 is 5.32 Å². The van der Waals surface area contributed by atoms with E-state index in [0.29, 0.717) is 24.6 Å². The minimum Gasteiger partial charge on any atom is -0.508 e. The number of benzene rings is 1. The van der Waals surface area contributed by atoms with Crippen molar-refractivity contribution in [1.82, 2.24) is 15.1 Å². The maximum Gasteiger partial charge on any atom is 0.410 e. The molecule has 0 saturated carbocycles. The molecule has 226 valence electrons. The Labute approximate surface area is 245 Å². The predicted octanol–water partition coefficient (Wildman–Crippen LogP) is 5.39. The summed E-state index contributed by atoms with van der Waals surface area (Å²) in [6, 6.07) is 6.88. The Balaban J connectivity index is 1.45. The second kappa shape index (κ2) is 12.1. The van der Waals surface area contributed by atoms with Crippen molar-refractivity contribution in [2.24, 2.45) is 23.7 Å². The molecule has 8 heteroatoms. The summed E-state index contributed by atoms with van der Waals surface area (Å²) in [4.78, 5) is 31.1. The number of aromatic hydroxyl groups is 1. The Kier molecular flexibility index (Phi) is 9.12. The number of ether oxygens (including phenoxy) is 1. The molecule has 0 bridgehead atoms. The van der Waals surface area contributed by atoms with Gasteiger partial charge in [0.1, 0.15) is 23.2 Å². The summed E-state index contributed by atoms with van der Waals surface area (Å²) in [6.45, 7) is 17.1. The number of carbonyl (C=O) groups excluding carboxylic acids is 2. The molecule has 2 fully saturated rings. The molecule has 2 unspecified atom stereocenters. The van der Waals surface area contributed by atoms with Gasteiger partial charge in [0.15, 0.2) is 0 Å². The average Bonchev–Trinajstić information content (AvgIpc) is 2.88. The molecule has 2 heterocycles. The van der Waals surface area contributed by atoms with E-state index in [0.717, 1.165) is 31.6 Å². The molecule has 3 N–H and O–H groups in total. The van der Waals surface area contributed by atoms with Crippen LogP contribution in [0, 0.1) is 23.7 Å². The highest BCUT2D eigenvalue weighted by Gasteiger charge is 2.43. The largest absolute Gasteiger partial charge is 0.508 e. The molecule has 2 aliphatic heterocycles. The summed E-state index contributed by atoms with van der Waals surface area (Å²) in [5.41, 5.74) is 0.447. The van der Waals surface area contributed by atoms with Crippen LogP contribution in [-0.4, -0.2) is 75.9 Å². The number of nitrogens with zero attached hydrogens (tertiary/aromatic N) is 2. The zero-order valence-corrected chi connectivity index (χ0v) is 25.8. The van der Waals surface area contributed by atoms with Crippen molar-refractivity contribution in [2.45, 2.75) is 84.4 Å². The van der Waals surface area contributed by atoms with Crippen molar-refractivity contribution in [3.8, 4) is 5.75 Å². The van der Waals surface area contributed by atoms with Crippen LogP contribution in [0.4, 0.5) is 4.79 Å². The number of piperidine rings is 2. The molecular formula is C33H49N3O5. The minimum atomic E-state index is -0.683. The zero-order chi connectivity index (χ0) is 30.1. The van der Waals surface area contributed by atoms with Crippen LogP contribution in [0.3, 0.4) is 0 Å². The van der Waals surface area contributed by atoms with E-state index in [2.05, 4.69) is 44.0 Å². The van der Waals surface area contributed by atoms with Gasteiger partial charge in [-0.25, -0.2) is 4.79 Å². The number of allylic oxidation sites excluding steroid dienone is 2. The lowest BCUT2D eigenvalue weighted by Gasteiger charge is -2.46. The molecule has 2 saturated heterocycles. The first-order valence-electron chi connectivity index (χ1n) is 15.1. The Hall–Kier alpha value is -3.00. The SMILES string of the molecule is CC(C)[C@@H](CN1CC[C@](C)(c2cccc(O)c2)[C@H](C)C1)NC(=O)[C@@H]1CC2C=CC(O)=CC2CN1C(=O)OC(C)(C)C. The highest BCUT2D eigenvalue weighted by molar-refractivity contribution is 5.86. The number of hydrogen-bond acceptors (Lipinski definition) is 6. The van der Waals surface area contributed by atoms with E-state index < -0.39 is 17.7 Å². The van der Waals surface area contributed by atoms with Gasteiger partial charge in [-0.3, -0.25) is 9.69 Å². The van der Waals surface area contributed by atoms with Gasteiger partial charge >= 0.3 is 6.09 Å². The molecule has 0 radical (unpaired) electrons. The quantitative estimate of drug-likeness (QED) is 0.426. The third kappa shape index (κ3) is 7.26. The number of amides is 2. The number of aliphatic hydroxyl groups excluding tert-OH is 1. The lowest BCUT2D eigenvalue weighted by atomic mass is 9.68. The van der Waals surface area contributed by atoms with Crippen LogP contribution >= 0.6 is 0 Å². The van der Waals surface area contributed by atoms with Crippen LogP contribution in [0.5, 0.6) is 5.75 Å². The molecule has 4 rings (SSSR count). The van der Waals surface area contributed by atoms with Crippen molar-refractivity contribution >= 4 is 12.0 Å². The van der Waals surface area contributed by atoms with Gasteiger partial charge in [0.05, 0.1) is 0 Å². The molecule has 2 amide bonds. The van der Waals surface area contributed by atoms with Crippen molar-refractivity contribution in [2.75, 3.05) is 26.2 Å². The summed E-state index contributed by atoms with van der Waals surface area (Å²) >= 11 is 0. The standard InChI is InChI=1S/C33H49N3O5/c1-21(2)28(20-35-14-13-33(7,22(3)18-35)25-9-8-10-26(37)17-25)34-30(39)29-16-23-11-12-27(38)15-24(23)19-36(29)31(40)41-32(4,5)6/h8-12,15,17,21-24,28-29,37-38H,13-14,16,18-20H2,1-7H3,(H,34,39)/t22-,23?,24?,28-,29+,33+/m1/s1. The van der Waals surface area contributed by atoms with Crippen molar-refractivity contribution < 1.29 is 24.5 Å². The Morgan fingerprint density at radius 3 is 2.54 bits per heavy atom. The first-order chi connectivity index (χ1) is 19.2. The number of fused-ring (bicyclic) bond motifs is 1. The highest BCUT2D eigenvalue weighted by Crippen LogP contribution is 2.40. The van der Waals surface area contributed by atoms with Crippen LogP contribution in [0.2, 0.25) is 0 Å². The smallest absolute Gasteiger partial charge is 0.410 e. The van der Waals surface area contributed by atoms with E-state index in [4.69, 9.17) is 4.74 Å². The van der Waals surface area contributed by atoms with Gasteiger partial charge in [-0.05, 0) is 93.2 Å². The van der Waals surface area contributed by atoms with E-state index in [9.17, 15) is 19.8 Å². The fourth-order valence-electron chi connectivity index (χ4n) is 6.47. The Morgan fingerprint density at radius 2 is 1.90 bits per heavy atom. The van der Waals surface area contributed by atoms with E-state index in [1.165, 1.54) is 0 Å². The number of likely N-dealkylation sites (tertiary alicyclic amines) is 2. The molecule has 6 atom stereocenters. The number of rotatable bonds is 6. The van der Waals surface area contributed by atoms with E-state index in [-0.39, 0.29) is 40.9 Å². The van der Waals surface area contributed by atoms with Gasteiger partial charge in [0.25, 0.3) is 0 Å².